The second-order valence-electron chi connectivity index (χ2n) is 6.60. The third kappa shape index (κ3) is 4.23. The highest BCUT2D eigenvalue weighted by Crippen LogP contribution is 2.33. The van der Waals surface area contributed by atoms with Crippen LogP contribution in [-0.4, -0.2) is 23.0 Å². The van der Waals surface area contributed by atoms with Crippen molar-refractivity contribution in [2.24, 2.45) is 5.92 Å². The maximum Gasteiger partial charge on any atom is 0.227 e. The summed E-state index contributed by atoms with van der Waals surface area (Å²) in [6.07, 6.45) is 3.43. The van der Waals surface area contributed by atoms with Crippen molar-refractivity contribution < 1.29 is 9.53 Å². The molecule has 142 valence electrons. The van der Waals surface area contributed by atoms with Crippen molar-refractivity contribution in [2.45, 2.75) is 12.8 Å². The highest BCUT2D eigenvalue weighted by Gasteiger charge is 2.29. The molecule has 3 aromatic rings. The molecule has 1 fully saturated rings. The molecule has 28 heavy (non-hydrogen) atoms. The van der Waals surface area contributed by atoms with Gasteiger partial charge in [0.05, 0.1) is 12.8 Å². The van der Waals surface area contributed by atoms with E-state index in [1.807, 2.05) is 30.3 Å². The summed E-state index contributed by atoms with van der Waals surface area (Å²) in [6.45, 7) is 0. The van der Waals surface area contributed by atoms with E-state index in [9.17, 15) is 4.79 Å². The zero-order chi connectivity index (χ0) is 19.5. The quantitative estimate of drug-likeness (QED) is 0.622. The minimum Gasteiger partial charge on any atom is -0.496 e. The summed E-state index contributed by atoms with van der Waals surface area (Å²) >= 11 is 6.13. The SMILES string of the molecule is COc1ccc(Cl)cc1-c1cc(Nc2cccc(NC(=O)C3CC3)c2)ncn1. The van der Waals surface area contributed by atoms with Gasteiger partial charge in [0.15, 0.2) is 0 Å². The molecule has 2 N–H and O–H groups in total. The molecule has 4 rings (SSSR count). The number of methoxy groups -OCH3 is 1. The van der Waals surface area contributed by atoms with E-state index in [4.69, 9.17) is 16.3 Å². The Kier molecular flexibility index (Phi) is 5.12. The van der Waals surface area contributed by atoms with E-state index in [0.717, 1.165) is 29.8 Å². The van der Waals surface area contributed by atoms with E-state index in [1.165, 1.54) is 6.33 Å². The number of nitrogens with zero attached hydrogens (tertiary/aromatic N) is 2. The van der Waals surface area contributed by atoms with Crippen LogP contribution in [0.1, 0.15) is 12.8 Å². The van der Waals surface area contributed by atoms with Gasteiger partial charge in [-0.15, -0.1) is 0 Å². The van der Waals surface area contributed by atoms with Crippen LogP contribution in [-0.2, 0) is 4.79 Å². The number of halogens is 1. The van der Waals surface area contributed by atoms with Gasteiger partial charge in [-0.2, -0.15) is 0 Å². The molecule has 2 aromatic carbocycles. The highest BCUT2D eigenvalue weighted by molar-refractivity contribution is 6.31. The number of benzene rings is 2. The van der Waals surface area contributed by atoms with Gasteiger partial charge in [0.1, 0.15) is 17.9 Å². The van der Waals surface area contributed by atoms with Crippen LogP contribution in [0, 0.1) is 5.92 Å². The topological polar surface area (TPSA) is 76.1 Å². The second-order valence-corrected chi connectivity index (χ2v) is 7.04. The maximum absolute atomic E-state index is 12.0. The van der Waals surface area contributed by atoms with Crippen molar-refractivity contribution in [1.82, 2.24) is 9.97 Å². The number of hydrogen-bond acceptors (Lipinski definition) is 5. The van der Waals surface area contributed by atoms with Crippen molar-refractivity contribution in [3.8, 4) is 17.0 Å². The van der Waals surface area contributed by atoms with Gasteiger partial charge in [-0.3, -0.25) is 4.79 Å². The number of nitrogens with one attached hydrogen (secondary N) is 2. The van der Waals surface area contributed by atoms with Crippen LogP contribution in [0.15, 0.2) is 54.9 Å². The van der Waals surface area contributed by atoms with Crippen LogP contribution in [0.2, 0.25) is 5.02 Å². The fourth-order valence-electron chi connectivity index (χ4n) is 2.87. The lowest BCUT2D eigenvalue weighted by atomic mass is 10.1. The molecule has 0 atom stereocenters. The molecule has 6 nitrogen and oxygen atoms in total. The average Bonchev–Trinajstić information content (AvgIpc) is 3.54. The van der Waals surface area contributed by atoms with Gasteiger partial charge in [-0.1, -0.05) is 17.7 Å². The first-order valence-corrected chi connectivity index (χ1v) is 9.34. The Morgan fingerprint density at radius 1 is 1.11 bits per heavy atom. The van der Waals surface area contributed by atoms with Crippen molar-refractivity contribution in [3.63, 3.8) is 0 Å². The number of hydrogen-bond donors (Lipinski definition) is 2. The first-order valence-electron chi connectivity index (χ1n) is 8.96. The Hall–Kier alpha value is -3.12. The molecular weight excluding hydrogens is 376 g/mol. The van der Waals surface area contributed by atoms with Crippen LogP contribution in [0.3, 0.4) is 0 Å². The van der Waals surface area contributed by atoms with Gasteiger partial charge in [-0.05, 0) is 49.2 Å². The van der Waals surface area contributed by atoms with Crippen molar-refractivity contribution in [2.75, 3.05) is 17.7 Å². The molecule has 1 aliphatic carbocycles. The van der Waals surface area contributed by atoms with Crippen molar-refractivity contribution in [3.05, 3.63) is 59.9 Å². The minimum atomic E-state index is 0.0783. The predicted octanol–water partition coefficient (Wildman–Crippen LogP) is 4.90. The van der Waals surface area contributed by atoms with E-state index in [2.05, 4.69) is 20.6 Å². The fraction of sp³-hybridized carbons (Fsp3) is 0.190. The van der Waals surface area contributed by atoms with Gasteiger partial charge in [0, 0.05) is 33.9 Å². The standard InChI is InChI=1S/C21H19ClN4O2/c1-28-19-8-7-14(22)9-17(19)18-11-20(24-12-23-18)25-15-3-2-4-16(10-15)26-21(27)13-5-6-13/h2-4,7-13H,5-6H2,1H3,(H,26,27)(H,23,24,25). The van der Waals surface area contributed by atoms with Crippen LogP contribution < -0.4 is 15.4 Å². The summed E-state index contributed by atoms with van der Waals surface area (Å²) in [4.78, 5) is 20.6. The molecule has 1 amide bonds. The van der Waals surface area contributed by atoms with E-state index in [-0.39, 0.29) is 11.8 Å². The number of anilines is 3. The molecule has 0 radical (unpaired) electrons. The van der Waals surface area contributed by atoms with Crippen LogP contribution in [0.5, 0.6) is 5.75 Å². The number of aromatic nitrogens is 2. The molecule has 0 saturated heterocycles. The zero-order valence-electron chi connectivity index (χ0n) is 15.3. The van der Waals surface area contributed by atoms with Crippen LogP contribution >= 0.6 is 11.6 Å². The van der Waals surface area contributed by atoms with Crippen LogP contribution in [0.4, 0.5) is 17.2 Å². The lowest BCUT2D eigenvalue weighted by Gasteiger charge is -2.11. The lowest BCUT2D eigenvalue weighted by Crippen LogP contribution is -2.13. The zero-order valence-corrected chi connectivity index (χ0v) is 16.0. The predicted molar refractivity (Wildman–Crippen MR) is 110 cm³/mol. The number of rotatable bonds is 6. The molecular formula is C21H19ClN4O2. The summed E-state index contributed by atoms with van der Waals surface area (Å²) in [5, 5.41) is 6.79. The van der Waals surface area contributed by atoms with E-state index < -0.39 is 0 Å². The largest absolute Gasteiger partial charge is 0.496 e. The number of carbonyl (C=O) groups excluding carboxylic acids is 1. The first-order chi connectivity index (χ1) is 13.6. The minimum absolute atomic E-state index is 0.0783. The average molecular weight is 395 g/mol. The van der Waals surface area contributed by atoms with Gasteiger partial charge >= 0.3 is 0 Å². The third-order valence-electron chi connectivity index (χ3n) is 4.46. The molecule has 1 heterocycles. The Balaban J connectivity index is 1.56. The molecule has 0 aliphatic heterocycles. The maximum atomic E-state index is 12.0. The van der Waals surface area contributed by atoms with E-state index in [0.29, 0.717) is 22.3 Å². The molecule has 1 aliphatic rings. The molecule has 0 unspecified atom stereocenters. The first kappa shape index (κ1) is 18.3. The van der Waals surface area contributed by atoms with Crippen molar-refractivity contribution >= 4 is 34.7 Å². The van der Waals surface area contributed by atoms with Gasteiger partial charge in [0.2, 0.25) is 5.91 Å². The molecule has 0 spiro atoms. The molecule has 7 heteroatoms. The second kappa shape index (κ2) is 7.86. The molecule has 1 saturated carbocycles. The monoisotopic (exact) mass is 394 g/mol. The highest BCUT2D eigenvalue weighted by atomic mass is 35.5. The Morgan fingerprint density at radius 2 is 1.93 bits per heavy atom. The molecule has 1 aromatic heterocycles. The third-order valence-corrected chi connectivity index (χ3v) is 4.69. The number of carbonyl (C=O) groups is 1. The summed E-state index contributed by atoms with van der Waals surface area (Å²) in [5.41, 5.74) is 3.05. The van der Waals surface area contributed by atoms with Gasteiger partial charge in [0.25, 0.3) is 0 Å². The summed E-state index contributed by atoms with van der Waals surface area (Å²) < 4.78 is 5.41. The Bertz CT molecular complexity index is 1020. The summed E-state index contributed by atoms with van der Waals surface area (Å²) in [6, 6.07) is 14.7. The van der Waals surface area contributed by atoms with E-state index in [1.54, 1.807) is 25.3 Å². The number of amides is 1. The Morgan fingerprint density at radius 3 is 2.71 bits per heavy atom. The number of ether oxygens (including phenoxy) is 1. The normalized spacial score (nSPS) is 13.1. The smallest absolute Gasteiger partial charge is 0.227 e. The lowest BCUT2D eigenvalue weighted by molar-refractivity contribution is -0.117. The summed E-state index contributed by atoms with van der Waals surface area (Å²) in [7, 11) is 1.61. The van der Waals surface area contributed by atoms with E-state index >= 15 is 0 Å². The molecule has 0 bridgehead atoms. The Labute approximate surface area is 167 Å². The van der Waals surface area contributed by atoms with Gasteiger partial charge in [-0.25, -0.2) is 9.97 Å². The fourth-order valence-corrected chi connectivity index (χ4v) is 3.04. The van der Waals surface area contributed by atoms with Crippen molar-refractivity contribution in [1.29, 1.82) is 0 Å². The van der Waals surface area contributed by atoms with Crippen LogP contribution in [0.25, 0.3) is 11.3 Å². The summed E-state index contributed by atoms with van der Waals surface area (Å²) in [5.74, 6) is 1.54. The van der Waals surface area contributed by atoms with Gasteiger partial charge < -0.3 is 15.4 Å².